The Labute approximate surface area is 173 Å². The summed E-state index contributed by atoms with van der Waals surface area (Å²) in [5.74, 6) is 0.0300. The molecule has 6 nitrogen and oxygen atoms in total. The van der Waals surface area contributed by atoms with Gasteiger partial charge in [0.1, 0.15) is 0 Å². The summed E-state index contributed by atoms with van der Waals surface area (Å²) < 4.78 is 92.6. The monoisotopic (exact) mass is 462 g/mol. The number of benzene rings is 2. The predicted molar refractivity (Wildman–Crippen MR) is 109 cm³/mol. The van der Waals surface area contributed by atoms with Crippen LogP contribution in [0, 0.1) is 13.8 Å². The maximum atomic E-state index is 12.9. The van der Waals surface area contributed by atoms with Gasteiger partial charge in [-0.1, -0.05) is 6.07 Å². The minimum Gasteiger partial charge on any atom is -0.280 e. The van der Waals surface area contributed by atoms with E-state index in [2.05, 4.69) is 4.72 Å². The maximum absolute atomic E-state index is 12.9. The molecule has 0 spiro atoms. The molecule has 0 bridgehead atoms. The first-order chi connectivity index (χ1) is 13.8. The summed E-state index contributed by atoms with van der Waals surface area (Å²) in [5.41, 5.74) is -0.216. The lowest BCUT2D eigenvalue weighted by Gasteiger charge is -2.29. The number of rotatable bonds is 4. The van der Waals surface area contributed by atoms with Gasteiger partial charge in [-0.05, 0) is 68.1 Å². The van der Waals surface area contributed by atoms with E-state index in [1.165, 1.54) is 36.4 Å². The van der Waals surface area contributed by atoms with Gasteiger partial charge in [0.2, 0.25) is 10.0 Å². The Hall–Kier alpha value is -2.27. The molecule has 0 radical (unpaired) electrons. The molecule has 1 heterocycles. The zero-order chi connectivity index (χ0) is 22.3. The number of halogens is 3. The Bertz CT molecular complexity index is 1150. The summed E-state index contributed by atoms with van der Waals surface area (Å²) in [6.45, 7) is 3.36. The fraction of sp³-hybridized carbons (Fsp3) is 0.368. The van der Waals surface area contributed by atoms with Gasteiger partial charge in [0.25, 0.3) is 10.0 Å². The predicted octanol–water partition coefficient (Wildman–Crippen LogP) is 4.05. The molecule has 1 aliphatic heterocycles. The van der Waals surface area contributed by atoms with Gasteiger partial charge in [-0.25, -0.2) is 16.8 Å². The van der Waals surface area contributed by atoms with Crippen molar-refractivity contribution in [3.8, 4) is 0 Å². The van der Waals surface area contributed by atoms with Gasteiger partial charge >= 0.3 is 6.18 Å². The van der Waals surface area contributed by atoms with Gasteiger partial charge in [-0.15, -0.1) is 0 Å². The summed E-state index contributed by atoms with van der Waals surface area (Å²) in [4.78, 5) is -0.0990. The standard InChI is InChI=1S/C19H21F3N2O4S2/c1-13-10-17(24-8-3-4-9-29(24,25)26)11-14(2)18(13)30(27,28)23-16-7-5-6-15(12-16)19(20,21)22/h5-7,10-12,23H,3-4,8-9H2,1-2H3. The number of hydrogen-bond acceptors (Lipinski definition) is 4. The summed E-state index contributed by atoms with van der Waals surface area (Å²) in [6.07, 6.45) is -3.33. The lowest BCUT2D eigenvalue weighted by Crippen LogP contribution is -2.38. The molecule has 0 unspecified atom stereocenters. The molecule has 30 heavy (non-hydrogen) atoms. The van der Waals surface area contributed by atoms with Crippen LogP contribution in [0.3, 0.4) is 0 Å². The summed E-state index contributed by atoms with van der Waals surface area (Å²) >= 11 is 0. The van der Waals surface area contributed by atoms with Gasteiger partial charge in [0.15, 0.2) is 0 Å². The first kappa shape index (κ1) is 22.4. The summed E-state index contributed by atoms with van der Waals surface area (Å²) in [6, 6.07) is 6.85. The molecule has 0 aromatic heterocycles. The molecule has 0 aliphatic carbocycles. The molecule has 3 rings (SSSR count). The van der Waals surface area contributed by atoms with E-state index in [0.717, 1.165) is 18.2 Å². The van der Waals surface area contributed by atoms with E-state index in [1.54, 1.807) is 0 Å². The number of aryl methyl sites for hydroxylation is 2. The SMILES string of the molecule is Cc1cc(N2CCCCS2(=O)=O)cc(C)c1S(=O)(=O)Nc1cccc(C(F)(F)F)c1. The van der Waals surface area contributed by atoms with E-state index in [-0.39, 0.29) is 16.3 Å². The second kappa shape index (κ2) is 7.77. The van der Waals surface area contributed by atoms with Crippen LogP contribution in [0.25, 0.3) is 0 Å². The van der Waals surface area contributed by atoms with Gasteiger partial charge < -0.3 is 0 Å². The van der Waals surface area contributed by atoms with Gasteiger partial charge in [-0.3, -0.25) is 9.03 Å². The highest BCUT2D eigenvalue weighted by Gasteiger charge is 2.31. The average molecular weight is 463 g/mol. The molecule has 0 atom stereocenters. The molecule has 2 aromatic carbocycles. The van der Waals surface area contributed by atoms with Crippen LogP contribution < -0.4 is 9.03 Å². The van der Waals surface area contributed by atoms with Crippen LogP contribution in [0.4, 0.5) is 24.5 Å². The Morgan fingerprint density at radius 3 is 2.23 bits per heavy atom. The minimum absolute atomic E-state index is 0.0300. The molecule has 0 amide bonds. The number of anilines is 2. The average Bonchev–Trinajstić information content (AvgIpc) is 2.59. The van der Waals surface area contributed by atoms with E-state index in [1.807, 2.05) is 0 Å². The van der Waals surface area contributed by atoms with E-state index in [0.29, 0.717) is 36.2 Å². The van der Waals surface area contributed by atoms with Crippen molar-refractivity contribution < 1.29 is 30.0 Å². The molecular weight excluding hydrogens is 441 g/mol. The molecule has 164 valence electrons. The van der Waals surface area contributed by atoms with E-state index in [9.17, 15) is 30.0 Å². The van der Waals surface area contributed by atoms with Crippen LogP contribution in [0.2, 0.25) is 0 Å². The van der Waals surface area contributed by atoms with Crippen molar-refractivity contribution in [2.75, 3.05) is 21.3 Å². The molecular formula is C19H21F3N2O4S2. The van der Waals surface area contributed by atoms with Crippen molar-refractivity contribution in [3.63, 3.8) is 0 Å². The van der Waals surface area contributed by atoms with Crippen LogP contribution in [0.1, 0.15) is 29.5 Å². The third-order valence-electron chi connectivity index (χ3n) is 4.79. The molecule has 1 aliphatic rings. The van der Waals surface area contributed by atoms with Crippen LogP contribution in [-0.4, -0.2) is 29.1 Å². The number of alkyl halides is 3. The highest BCUT2D eigenvalue weighted by molar-refractivity contribution is 7.93. The fourth-order valence-corrected chi connectivity index (χ4v) is 6.67. The topological polar surface area (TPSA) is 83.6 Å². The van der Waals surface area contributed by atoms with Gasteiger partial charge in [0, 0.05) is 12.2 Å². The number of nitrogens with one attached hydrogen (secondary N) is 1. The highest BCUT2D eigenvalue weighted by atomic mass is 32.2. The minimum atomic E-state index is -4.60. The second-order valence-electron chi connectivity index (χ2n) is 7.19. The third kappa shape index (κ3) is 4.56. The molecule has 11 heteroatoms. The molecule has 2 aromatic rings. The Kier molecular flexibility index (Phi) is 5.80. The zero-order valence-corrected chi connectivity index (χ0v) is 18.0. The molecule has 1 fully saturated rings. The Morgan fingerprint density at radius 1 is 1.03 bits per heavy atom. The van der Waals surface area contributed by atoms with Crippen molar-refractivity contribution in [2.24, 2.45) is 0 Å². The Morgan fingerprint density at radius 2 is 1.67 bits per heavy atom. The molecule has 1 N–H and O–H groups in total. The summed E-state index contributed by atoms with van der Waals surface area (Å²) in [5, 5.41) is 0. The highest BCUT2D eigenvalue weighted by Crippen LogP contribution is 2.33. The van der Waals surface area contributed by atoms with Crippen molar-refractivity contribution >= 4 is 31.4 Å². The van der Waals surface area contributed by atoms with E-state index >= 15 is 0 Å². The van der Waals surface area contributed by atoms with Crippen molar-refractivity contribution in [1.29, 1.82) is 0 Å². The Balaban J connectivity index is 1.97. The normalized spacial score (nSPS) is 17.0. The quantitative estimate of drug-likeness (QED) is 0.743. The van der Waals surface area contributed by atoms with Crippen LogP contribution in [0.15, 0.2) is 41.3 Å². The largest absolute Gasteiger partial charge is 0.416 e. The van der Waals surface area contributed by atoms with Gasteiger partial charge in [-0.2, -0.15) is 13.2 Å². The third-order valence-corrected chi connectivity index (χ3v) is 8.35. The van der Waals surface area contributed by atoms with Crippen molar-refractivity contribution in [2.45, 2.75) is 37.8 Å². The van der Waals surface area contributed by atoms with E-state index < -0.39 is 31.8 Å². The summed E-state index contributed by atoms with van der Waals surface area (Å²) in [7, 11) is -7.66. The number of nitrogens with zero attached hydrogens (tertiary/aromatic N) is 1. The van der Waals surface area contributed by atoms with Crippen molar-refractivity contribution in [3.05, 3.63) is 53.1 Å². The first-order valence-electron chi connectivity index (χ1n) is 9.13. The zero-order valence-electron chi connectivity index (χ0n) is 16.3. The smallest absolute Gasteiger partial charge is 0.280 e. The number of hydrogen-bond donors (Lipinski definition) is 1. The fourth-order valence-electron chi connectivity index (χ4n) is 3.54. The van der Waals surface area contributed by atoms with E-state index in [4.69, 9.17) is 0 Å². The molecule has 0 saturated carbocycles. The van der Waals surface area contributed by atoms with Crippen LogP contribution in [-0.2, 0) is 26.2 Å². The lowest BCUT2D eigenvalue weighted by molar-refractivity contribution is -0.137. The molecule has 1 saturated heterocycles. The van der Waals surface area contributed by atoms with Gasteiger partial charge in [0.05, 0.1) is 21.9 Å². The lowest BCUT2D eigenvalue weighted by atomic mass is 10.1. The van der Waals surface area contributed by atoms with Crippen LogP contribution in [0.5, 0.6) is 0 Å². The van der Waals surface area contributed by atoms with Crippen molar-refractivity contribution in [1.82, 2.24) is 0 Å². The first-order valence-corrected chi connectivity index (χ1v) is 12.2. The number of sulfonamides is 2. The van der Waals surface area contributed by atoms with Crippen LogP contribution >= 0.6 is 0 Å². The maximum Gasteiger partial charge on any atom is 0.416 e. The second-order valence-corrected chi connectivity index (χ2v) is 10.8.